The number of sulfonamides is 1. The first-order chi connectivity index (χ1) is 9.81. The second-order valence-electron chi connectivity index (χ2n) is 4.17. The molecule has 0 amide bonds. The molecule has 3 N–H and O–H groups in total. The van der Waals surface area contributed by atoms with E-state index in [-0.39, 0.29) is 15.8 Å². The summed E-state index contributed by atoms with van der Waals surface area (Å²) in [6, 6.07) is 2.74. The van der Waals surface area contributed by atoms with Crippen LogP contribution < -0.4 is 10.5 Å². The molecule has 0 aliphatic heterocycles. The molecular formula is C10H13N5O4S2. The van der Waals surface area contributed by atoms with Crippen LogP contribution >= 0.6 is 11.3 Å². The fraction of sp³-hybridized carbons (Fsp3) is 0.300. The summed E-state index contributed by atoms with van der Waals surface area (Å²) in [5.74, 6) is 0. The quantitative estimate of drug-likeness (QED) is 0.584. The normalized spacial score (nSPS) is 11.7. The Morgan fingerprint density at radius 2 is 2.29 bits per heavy atom. The van der Waals surface area contributed by atoms with Crippen molar-refractivity contribution in [1.29, 1.82) is 0 Å². The summed E-state index contributed by atoms with van der Waals surface area (Å²) in [5, 5.41) is 14.5. The number of rotatable bonds is 6. The van der Waals surface area contributed by atoms with Gasteiger partial charge in [-0.05, 0) is 6.07 Å². The number of hydrogen-bond acceptors (Lipinski definition) is 7. The molecule has 114 valence electrons. The minimum Gasteiger partial charge on any atom is -0.385 e. The number of nitrogen functional groups attached to an aromatic ring is 1. The fourth-order valence-electron chi connectivity index (χ4n) is 1.68. The molecule has 2 heterocycles. The van der Waals surface area contributed by atoms with Crippen LogP contribution in [0.2, 0.25) is 0 Å². The summed E-state index contributed by atoms with van der Waals surface area (Å²) in [6.07, 6.45) is 2.08. The van der Waals surface area contributed by atoms with E-state index in [9.17, 15) is 18.5 Å². The van der Waals surface area contributed by atoms with Crippen LogP contribution in [0.1, 0.15) is 5.69 Å². The summed E-state index contributed by atoms with van der Waals surface area (Å²) >= 11 is 0.669. The largest absolute Gasteiger partial charge is 0.385 e. The van der Waals surface area contributed by atoms with E-state index >= 15 is 0 Å². The summed E-state index contributed by atoms with van der Waals surface area (Å²) in [6.45, 7) is 0.160. The predicted octanol–water partition coefficient (Wildman–Crippen LogP) is 0.493. The molecule has 2 rings (SSSR count). The molecule has 21 heavy (non-hydrogen) atoms. The topological polar surface area (TPSA) is 133 Å². The van der Waals surface area contributed by atoms with Gasteiger partial charge in [0.2, 0.25) is 10.0 Å². The molecule has 0 aromatic carbocycles. The Labute approximate surface area is 124 Å². The van der Waals surface area contributed by atoms with Crippen molar-refractivity contribution in [2.24, 2.45) is 7.05 Å². The molecule has 9 nitrogen and oxygen atoms in total. The van der Waals surface area contributed by atoms with Crippen LogP contribution in [0.3, 0.4) is 0 Å². The zero-order chi connectivity index (χ0) is 15.6. The van der Waals surface area contributed by atoms with Gasteiger partial charge < -0.3 is 5.73 Å². The Morgan fingerprint density at radius 1 is 1.57 bits per heavy atom. The van der Waals surface area contributed by atoms with Crippen LogP contribution in [-0.4, -0.2) is 29.7 Å². The summed E-state index contributed by atoms with van der Waals surface area (Å²) in [5.41, 5.74) is 5.91. The molecule has 0 bridgehead atoms. The first kappa shape index (κ1) is 15.4. The lowest BCUT2D eigenvalue weighted by Gasteiger charge is -2.04. The number of nitrogens with one attached hydrogen (secondary N) is 1. The van der Waals surface area contributed by atoms with Gasteiger partial charge in [-0.1, -0.05) is 11.3 Å². The van der Waals surface area contributed by atoms with Crippen LogP contribution in [-0.2, 0) is 23.5 Å². The van der Waals surface area contributed by atoms with Gasteiger partial charge in [0.25, 0.3) is 0 Å². The fourth-order valence-corrected chi connectivity index (χ4v) is 3.97. The molecular weight excluding hydrogens is 318 g/mol. The van der Waals surface area contributed by atoms with Crippen molar-refractivity contribution in [1.82, 2.24) is 14.5 Å². The second kappa shape index (κ2) is 5.79. The van der Waals surface area contributed by atoms with Gasteiger partial charge >= 0.3 is 5.69 Å². The highest BCUT2D eigenvalue weighted by molar-refractivity contribution is 7.91. The molecule has 0 fully saturated rings. The Morgan fingerprint density at radius 3 is 2.81 bits per heavy atom. The molecule has 0 aliphatic carbocycles. The lowest BCUT2D eigenvalue weighted by Crippen LogP contribution is -2.25. The van der Waals surface area contributed by atoms with Crippen molar-refractivity contribution in [3.63, 3.8) is 0 Å². The molecule has 2 aromatic heterocycles. The van der Waals surface area contributed by atoms with Crippen LogP contribution in [0.15, 0.2) is 22.5 Å². The maximum atomic E-state index is 12.0. The third kappa shape index (κ3) is 3.37. The molecule has 0 atom stereocenters. The van der Waals surface area contributed by atoms with Crippen LogP contribution in [0.4, 0.5) is 10.7 Å². The SMILES string of the molecule is Cn1nccc1CCNS(=O)(=O)c1cc([N+](=O)[O-])c(N)s1. The van der Waals surface area contributed by atoms with Gasteiger partial charge in [-0.3, -0.25) is 14.8 Å². The third-order valence-electron chi connectivity index (χ3n) is 2.77. The Kier molecular flexibility index (Phi) is 4.25. The van der Waals surface area contributed by atoms with Gasteiger partial charge in [0.1, 0.15) is 4.21 Å². The van der Waals surface area contributed by atoms with Gasteiger partial charge in [0, 0.05) is 38.0 Å². The molecule has 0 radical (unpaired) electrons. The van der Waals surface area contributed by atoms with Crippen molar-refractivity contribution in [2.45, 2.75) is 10.6 Å². The van der Waals surface area contributed by atoms with Gasteiger partial charge in [0.15, 0.2) is 5.00 Å². The predicted molar refractivity (Wildman–Crippen MR) is 77.5 cm³/mol. The summed E-state index contributed by atoms with van der Waals surface area (Å²) in [7, 11) is -2.05. The lowest BCUT2D eigenvalue weighted by molar-refractivity contribution is -0.383. The minimum absolute atomic E-state index is 0.132. The second-order valence-corrected chi connectivity index (χ2v) is 7.24. The molecule has 0 unspecified atom stereocenters. The third-order valence-corrected chi connectivity index (χ3v) is 5.66. The number of nitrogens with two attached hydrogens (primary N) is 1. The molecule has 0 saturated heterocycles. The highest BCUT2D eigenvalue weighted by Crippen LogP contribution is 2.34. The smallest absolute Gasteiger partial charge is 0.304 e. The molecule has 0 aliphatic rings. The Hall–Kier alpha value is -1.98. The average Bonchev–Trinajstić information content (AvgIpc) is 2.96. The van der Waals surface area contributed by atoms with E-state index < -0.39 is 20.6 Å². The van der Waals surface area contributed by atoms with Crippen molar-refractivity contribution < 1.29 is 13.3 Å². The molecule has 0 spiro atoms. The highest BCUT2D eigenvalue weighted by atomic mass is 32.2. The number of thiophene rings is 1. The molecule has 2 aromatic rings. The lowest BCUT2D eigenvalue weighted by atomic mass is 10.3. The van der Waals surface area contributed by atoms with E-state index in [1.807, 2.05) is 0 Å². The van der Waals surface area contributed by atoms with Crippen LogP contribution in [0, 0.1) is 10.1 Å². The maximum absolute atomic E-state index is 12.0. The van der Waals surface area contributed by atoms with Gasteiger partial charge in [0.05, 0.1) is 4.92 Å². The Bertz CT molecular complexity index is 764. The van der Waals surface area contributed by atoms with Crippen molar-refractivity contribution in [3.05, 3.63) is 34.1 Å². The van der Waals surface area contributed by atoms with Gasteiger partial charge in [-0.2, -0.15) is 5.10 Å². The average molecular weight is 331 g/mol. The number of hydrogen-bond donors (Lipinski definition) is 2. The van der Waals surface area contributed by atoms with Crippen molar-refractivity contribution >= 4 is 32.0 Å². The highest BCUT2D eigenvalue weighted by Gasteiger charge is 2.24. The number of aryl methyl sites for hydroxylation is 1. The minimum atomic E-state index is -3.81. The summed E-state index contributed by atoms with van der Waals surface area (Å²) < 4.78 is 27.9. The van der Waals surface area contributed by atoms with E-state index in [0.717, 1.165) is 11.8 Å². The number of aromatic nitrogens is 2. The first-order valence-electron chi connectivity index (χ1n) is 5.81. The monoisotopic (exact) mass is 331 g/mol. The summed E-state index contributed by atoms with van der Waals surface area (Å²) in [4.78, 5) is 9.97. The maximum Gasteiger partial charge on any atom is 0.304 e. The first-order valence-corrected chi connectivity index (χ1v) is 8.11. The van der Waals surface area contributed by atoms with E-state index in [2.05, 4.69) is 9.82 Å². The van der Waals surface area contributed by atoms with E-state index in [1.165, 1.54) is 0 Å². The van der Waals surface area contributed by atoms with Crippen LogP contribution in [0.25, 0.3) is 0 Å². The van der Waals surface area contributed by atoms with E-state index in [4.69, 9.17) is 5.73 Å². The van der Waals surface area contributed by atoms with Crippen LogP contribution in [0.5, 0.6) is 0 Å². The zero-order valence-corrected chi connectivity index (χ0v) is 12.6. The van der Waals surface area contributed by atoms with Gasteiger partial charge in [-0.15, -0.1) is 0 Å². The Balaban J connectivity index is 2.07. The van der Waals surface area contributed by atoms with E-state index in [1.54, 1.807) is 24.0 Å². The van der Waals surface area contributed by atoms with E-state index in [0.29, 0.717) is 17.8 Å². The number of anilines is 1. The van der Waals surface area contributed by atoms with Crippen molar-refractivity contribution in [2.75, 3.05) is 12.3 Å². The zero-order valence-electron chi connectivity index (χ0n) is 11.0. The number of nitrogens with zero attached hydrogens (tertiary/aromatic N) is 3. The van der Waals surface area contributed by atoms with Gasteiger partial charge in [-0.25, -0.2) is 13.1 Å². The molecule has 11 heteroatoms. The van der Waals surface area contributed by atoms with Crippen molar-refractivity contribution in [3.8, 4) is 0 Å². The molecule has 0 saturated carbocycles. The number of nitro groups is 1. The standard InChI is InChI=1S/C10H13N5O4S2/c1-14-7(2-4-12-14)3-5-13-21(18,19)9-6-8(15(16)17)10(11)20-9/h2,4,6,13H,3,5,11H2,1H3.